The summed E-state index contributed by atoms with van der Waals surface area (Å²) in [6.07, 6.45) is 8.02. The molecule has 2 heteroatoms. The van der Waals surface area contributed by atoms with Gasteiger partial charge in [-0.2, -0.15) is 0 Å². The highest BCUT2D eigenvalue weighted by molar-refractivity contribution is 5.79. The lowest BCUT2D eigenvalue weighted by molar-refractivity contribution is 0.996. The molecule has 0 spiro atoms. The lowest BCUT2D eigenvalue weighted by Gasteiger charge is -1.99. The predicted molar refractivity (Wildman–Crippen MR) is 65.3 cm³/mol. The van der Waals surface area contributed by atoms with Crippen molar-refractivity contribution < 1.29 is 0 Å². The Morgan fingerprint density at radius 2 is 2.12 bits per heavy atom. The van der Waals surface area contributed by atoms with E-state index >= 15 is 0 Å². The molecule has 0 aliphatic carbocycles. The molecule has 78 valence electrons. The van der Waals surface area contributed by atoms with Crippen molar-refractivity contribution in [2.45, 2.75) is 6.92 Å². The number of rotatable bonds is 0. The van der Waals surface area contributed by atoms with Crippen LogP contribution in [0, 0.1) is 5.92 Å². The van der Waals surface area contributed by atoms with E-state index in [9.17, 15) is 0 Å². The topological polar surface area (TPSA) is 25.2 Å². The monoisotopic (exact) mass is 208 g/mol. The zero-order valence-corrected chi connectivity index (χ0v) is 9.09. The van der Waals surface area contributed by atoms with E-state index in [0.717, 1.165) is 16.1 Å². The number of hydrogen-bond acceptors (Lipinski definition) is 2. The summed E-state index contributed by atoms with van der Waals surface area (Å²) in [5.74, 6) is 0.401. The van der Waals surface area contributed by atoms with Crippen LogP contribution in [0.15, 0.2) is 47.7 Å². The van der Waals surface area contributed by atoms with Crippen molar-refractivity contribution in [3.8, 4) is 0 Å². The van der Waals surface area contributed by atoms with E-state index in [2.05, 4.69) is 47.3 Å². The minimum Gasteiger partial charge on any atom is -0.257 e. The van der Waals surface area contributed by atoms with Crippen LogP contribution in [0.3, 0.4) is 0 Å². The molecule has 1 aromatic carbocycles. The predicted octanol–water partition coefficient (Wildman–Crippen LogP) is 1.80. The Balaban J connectivity index is 2.53. The lowest BCUT2D eigenvalue weighted by Crippen LogP contribution is -2.26. The van der Waals surface area contributed by atoms with Crippen LogP contribution < -0.4 is 10.6 Å². The first-order valence-electron chi connectivity index (χ1n) is 5.45. The van der Waals surface area contributed by atoms with Gasteiger partial charge < -0.3 is 0 Å². The highest BCUT2D eigenvalue weighted by atomic mass is 14.7. The van der Waals surface area contributed by atoms with Crippen molar-refractivity contribution >= 4 is 17.0 Å². The number of fused-ring (bicyclic) bond motifs is 3. The first kappa shape index (κ1) is 9.28. The quantitative estimate of drug-likeness (QED) is 0.648. The molecule has 0 radical (unpaired) electrons. The normalized spacial score (nSPS) is 18.4. The summed E-state index contributed by atoms with van der Waals surface area (Å²) in [5.41, 5.74) is 1.04. The van der Waals surface area contributed by atoms with Crippen LogP contribution in [-0.2, 0) is 0 Å². The van der Waals surface area contributed by atoms with E-state index in [0.29, 0.717) is 5.92 Å². The van der Waals surface area contributed by atoms with Gasteiger partial charge >= 0.3 is 0 Å². The molecule has 0 amide bonds. The van der Waals surface area contributed by atoms with E-state index in [1.165, 1.54) is 5.39 Å². The van der Waals surface area contributed by atoms with Crippen molar-refractivity contribution in [2.75, 3.05) is 0 Å². The summed E-state index contributed by atoms with van der Waals surface area (Å²) in [6, 6.07) is 8.17. The second-order valence-electron chi connectivity index (χ2n) is 4.07. The van der Waals surface area contributed by atoms with Gasteiger partial charge in [0.15, 0.2) is 0 Å². The van der Waals surface area contributed by atoms with E-state index < -0.39 is 0 Å². The number of pyridine rings is 1. The molecule has 0 fully saturated rings. The Bertz CT molecular complexity index is 683. The Morgan fingerprint density at radius 3 is 3.06 bits per heavy atom. The third-order valence-electron chi connectivity index (χ3n) is 2.82. The molecule has 16 heavy (non-hydrogen) atoms. The van der Waals surface area contributed by atoms with Crippen LogP contribution in [0.2, 0.25) is 0 Å². The van der Waals surface area contributed by atoms with E-state index in [-0.39, 0.29) is 0 Å². The van der Waals surface area contributed by atoms with Crippen LogP contribution in [-0.4, -0.2) is 4.98 Å². The molecule has 3 rings (SSSR count). The van der Waals surface area contributed by atoms with Gasteiger partial charge in [-0.05, 0) is 18.1 Å². The van der Waals surface area contributed by atoms with Gasteiger partial charge in [-0.15, -0.1) is 0 Å². The molecule has 1 atom stereocenters. The maximum absolute atomic E-state index is 4.45. The van der Waals surface area contributed by atoms with Gasteiger partial charge in [0, 0.05) is 23.0 Å². The Kier molecular flexibility index (Phi) is 2.07. The van der Waals surface area contributed by atoms with E-state index in [1.54, 1.807) is 0 Å². The Hall–Kier alpha value is -1.96. The molecule has 1 aromatic heterocycles. The molecule has 0 bridgehead atoms. The van der Waals surface area contributed by atoms with Crippen molar-refractivity contribution in [3.05, 3.63) is 53.3 Å². The van der Waals surface area contributed by atoms with Gasteiger partial charge in [0.25, 0.3) is 0 Å². The largest absolute Gasteiger partial charge is 0.257 e. The average molecular weight is 208 g/mol. The number of hydrogen-bond donors (Lipinski definition) is 0. The molecule has 2 aromatic rings. The van der Waals surface area contributed by atoms with Gasteiger partial charge in [0.1, 0.15) is 0 Å². The lowest BCUT2D eigenvalue weighted by atomic mass is 10.1. The Labute approximate surface area is 93.7 Å². The maximum Gasteiger partial charge on any atom is 0.0792 e. The van der Waals surface area contributed by atoms with Crippen molar-refractivity contribution in [3.63, 3.8) is 0 Å². The highest BCUT2D eigenvalue weighted by Gasteiger charge is 2.01. The molecular weight excluding hydrogens is 196 g/mol. The van der Waals surface area contributed by atoms with Gasteiger partial charge in [-0.25, -0.2) is 0 Å². The first-order chi connectivity index (χ1) is 7.84. The standard InChI is InChI=1S/C14H12N2/c1-10-6-8-15-13-5-4-11-3-2-7-16-14(11)12(13)9-10/h2-10H,1H3. The third-order valence-corrected chi connectivity index (χ3v) is 2.82. The zero-order chi connectivity index (χ0) is 11.0. The first-order valence-corrected chi connectivity index (χ1v) is 5.45. The average Bonchev–Trinajstić information content (AvgIpc) is 2.50. The van der Waals surface area contributed by atoms with Crippen LogP contribution in [0.5, 0.6) is 0 Å². The number of benzene rings is 1. The van der Waals surface area contributed by atoms with Gasteiger partial charge in [-0.3, -0.25) is 9.98 Å². The maximum atomic E-state index is 4.45. The SMILES string of the molecule is CC1C=CN=c2ccc3cccnc3c2=C1. The fraction of sp³-hybridized carbons (Fsp3) is 0.143. The van der Waals surface area contributed by atoms with Crippen molar-refractivity contribution in [1.29, 1.82) is 0 Å². The summed E-state index contributed by atoms with van der Waals surface area (Å²) in [6.45, 7) is 2.16. The highest BCUT2D eigenvalue weighted by Crippen LogP contribution is 2.06. The molecule has 1 aliphatic heterocycles. The molecule has 1 aliphatic rings. The fourth-order valence-electron chi connectivity index (χ4n) is 2.01. The summed E-state index contributed by atoms with van der Waals surface area (Å²) in [7, 11) is 0. The molecule has 0 N–H and O–H groups in total. The minimum absolute atomic E-state index is 0.401. The number of aromatic nitrogens is 1. The van der Waals surface area contributed by atoms with Crippen LogP contribution >= 0.6 is 0 Å². The number of nitrogens with zero attached hydrogens (tertiary/aromatic N) is 2. The third kappa shape index (κ3) is 1.43. The zero-order valence-electron chi connectivity index (χ0n) is 9.09. The molecule has 1 unspecified atom stereocenters. The Morgan fingerprint density at radius 1 is 1.19 bits per heavy atom. The van der Waals surface area contributed by atoms with Crippen LogP contribution in [0.25, 0.3) is 17.0 Å². The van der Waals surface area contributed by atoms with Crippen molar-refractivity contribution in [2.24, 2.45) is 10.9 Å². The van der Waals surface area contributed by atoms with Crippen LogP contribution in [0.4, 0.5) is 0 Å². The second-order valence-corrected chi connectivity index (χ2v) is 4.07. The summed E-state index contributed by atoms with van der Waals surface area (Å²) in [5, 5.41) is 3.32. The fourth-order valence-corrected chi connectivity index (χ4v) is 2.01. The van der Waals surface area contributed by atoms with Gasteiger partial charge in [-0.1, -0.05) is 31.2 Å². The second kappa shape index (κ2) is 3.56. The summed E-state index contributed by atoms with van der Waals surface area (Å²) in [4.78, 5) is 8.89. The van der Waals surface area contributed by atoms with Gasteiger partial charge in [0.05, 0.1) is 10.9 Å². The van der Waals surface area contributed by atoms with Crippen molar-refractivity contribution in [1.82, 2.24) is 4.98 Å². The molecule has 2 heterocycles. The smallest absolute Gasteiger partial charge is 0.0792 e. The van der Waals surface area contributed by atoms with E-state index in [1.807, 2.05) is 18.5 Å². The van der Waals surface area contributed by atoms with E-state index in [4.69, 9.17) is 0 Å². The summed E-state index contributed by atoms with van der Waals surface area (Å²) >= 11 is 0. The molecular formula is C14H12N2. The number of allylic oxidation sites excluding steroid dienone is 1. The van der Waals surface area contributed by atoms with Gasteiger partial charge in [0.2, 0.25) is 0 Å². The minimum atomic E-state index is 0.401. The molecule has 0 saturated heterocycles. The molecule has 2 nitrogen and oxygen atoms in total. The van der Waals surface area contributed by atoms with Crippen LogP contribution in [0.1, 0.15) is 6.92 Å². The molecule has 0 saturated carbocycles. The summed E-state index contributed by atoms with van der Waals surface area (Å²) < 4.78 is 0.